The highest BCUT2D eigenvalue weighted by Gasteiger charge is 2.17. The molecule has 0 radical (unpaired) electrons. The van der Waals surface area contributed by atoms with Gasteiger partial charge in [-0.05, 0) is 74.8 Å². The Bertz CT molecular complexity index is 715. The van der Waals surface area contributed by atoms with Gasteiger partial charge in [0.05, 0.1) is 0 Å². The molecule has 1 saturated heterocycles. The molecule has 0 atom stereocenters. The molecule has 2 aromatic rings. The maximum atomic E-state index is 12.3. The van der Waals surface area contributed by atoms with Crippen molar-refractivity contribution in [3.63, 3.8) is 0 Å². The molecule has 0 unspecified atom stereocenters. The van der Waals surface area contributed by atoms with Gasteiger partial charge in [0, 0.05) is 24.3 Å². The second kappa shape index (κ2) is 11.9. The summed E-state index contributed by atoms with van der Waals surface area (Å²) in [7, 11) is 2.14. The van der Waals surface area contributed by atoms with Gasteiger partial charge in [-0.25, -0.2) is 0 Å². The van der Waals surface area contributed by atoms with E-state index in [1.54, 1.807) is 0 Å². The maximum absolute atomic E-state index is 12.3. The molecular formula is C21H29Cl2N3O2. The van der Waals surface area contributed by atoms with Crippen LogP contribution < -0.4 is 15.8 Å². The van der Waals surface area contributed by atoms with Crippen LogP contribution in [0.5, 0.6) is 5.75 Å². The van der Waals surface area contributed by atoms with E-state index in [1.165, 1.54) is 0 Å². The molecule has 0 spiro atoms. The van der Waals surface area contributed by atoms with Crippen molar-refractivity contribution >= 4 is 36.4 Å². The quantitative estimate of drug-likeness (QED) is 0.738. The van der Waals surface area contributed by atoms with Gasteiger partial charge in [-0.3, -0.25) is 4.79 Å². The number of nitrogens with zero attached hydrogens (tertiary/aromatic N) is 1. The van der Waals surface area contributed by atoms with E-state index >= 15 is 0 Å². The molecule has 1 aliphatic heterocycles. The number of hydrogen-bond donors (Lipinski definition) is 2. The van der Waals surface area contributed by atoms with Crippen molar-refractivity contribution in [2.75, 3.05) is 32.0 Å². The van der Waals surface area contributed by atoms with E-state index in [0.717, 1.165) is 49.4 Å². The van der Waals surface area contributed by atoms with Crippen LogP contribution in [0.3, 0.4) is 0 Å². The fraction of sp³-hybridized carbons (Fsp3) is 0.381. The van der Waals surface area contributed by atoms with E-state index in [-0.39, 0.29) is 36.8 Å². The van der Waals surface area contributed by atoms with Crippen molar-refractivity contribution in [1.82, 2.24) is 4.90 Å². The zero-order valence-corrected chi connectivity index (χ0v) is 17.7. The van der Waals surface area contributed by atoms with Crippen molar-refractivity contribution in [2.24, 2.45) is 5.73 Å². The van der Waals surface area contributed by atoms with Crippen LogP contribution in [0.1, 0.15) is 28.8 Å². The highest BCUT2D eigenvalue weighted by atomic mass is 35.5. The number of piperidine rings is 1. The van der Waals surface area contributed by atoms with Crippen LogP contribution in [0.2, 0.25) is 0 Å². The zero-order valence-electron chi connectivity index (χ0n) is 16.1. The number of rotatable bonds is 6. The van der Waals surface area contributed by atoms with E-state index in [4.69, 9.17) is 10.5 Å². The predicted octanol–water partition coefficient (Wildman–Crippen LogP) is 3.76. The largest absolute Gasteiger partial charge is 0.490 e. The van der Waals surface area contributed by atoms with Crippen molar-refractivity contribution in [3.8, 4) is 5.75 Å². The van der Waals surface area contributed by atoms with Crippen LogP contribution >= 0.6 is 24.8 Å². The lowest BCUT2D eigenvalue weighted by atomic mass is 10.1. The topological polar surface area (TPSA) is 67.6 Å². The van der Waals surface area contributed by atoms with Gasteiger partial charge in [0.25, 0.3) is 5.91 Å². The molecule has 1 aliphatic rings. The number of anilines is 1. The number of amides is 1. The van der Waals surface area contributed by atoms with Crippen LogP contribution in [0, 0.1) is 0 Å². The number of halogens is 2. The summed E-state index contributed by atoms with van der Waals surface area (Å²) in [4.78, 5) is 14.7. The number of nitrogens with two attached hydrogens (primary N) is 1. The summed E-state index contributed by atoms with van der Waals surface area (Å²) in [5.74, 6) is 0.733. The molecule has 0 bridgehead atoms. The van der Waals surface area contributed by atoms with Gasteiger partial charge in [0.2, 0.25) is 0 Å². The molecule has 3 rings (SSSR count). The molecule has 3 N–H and O–H groups in total. The van der Waals surface area contributed by atoms with Gasteiger partial charge in [0.1, 0.15) is 11.9 Å². The number of hydrogen-bond acceptors (Lipinski definition) is 4. The zero-order chi connectivity index (χ0) is 18.4. The minimum absolute atomic E-state index is 0. The van der Waals surface area contributed by atoms with Crippen molar-refractivity contribution in [2.45, 2.75) is 25.4 Å². The number of carbonyl (C=O) groups excluding carboxylic acids is 1. The van der Waals surface area contributed by atoms with E-state index in [9.17, 15) is 4.79 Å². The lowest BCUT2D eigenvalue weighted by Gasteiger charge is -2.29. The fourth-order valence-electron chi connectivity index (χ4n) is 3.10. The molecule has 1 fully saturated rings. The van der Waals surface area contributed by atoms with Crippen LogP contribution in [0.15, 0.2) is 48.5 Å². The molecule has 7 heteroatoms. The Balaban J connectivity index is 0.00000196. The molecule has 1 amide bonds. The predicted molar refractivity (Wildman–Crippen MR) is 119 cm³/mol. The third-order valence-corrected chi connectivity index (χ3v) is 4.73. The summed E-state index contributed by atoms with van der Waals surface area (Å²) in [6.07, 6.45) is 3.20. The lowest BCUT2D eigenvalue weighted by Crippen LogP contribution is -2.35. The second-order valence-corrected chi connectivity index (χ2v) is 6.83. The molecule has 0 aromatic heterocycles. The Labute approximate surface area is 179 Å². The van der Waals surface area contributed by atoms with Gasteiger partial charge in [-0.15, -0.1) is 24.8 Å². The Morgan fingerprint density at radius 3 is 2.25 bits per heavy atom. The second-order valence-electron chi connectivity index (χ2n) is 6.83. The molecule has 2 aromatic carbocycles. The van der Waals surface area contributed by atoms with E-state index in [1.807, 2.05) is 48.5 Å². The van der Waals surface area contributed by atoms with Crippen LogP contribution in [0.4, 0.5) is 5.69 Å². The molecule has 0 aliphatic carbocycles. The molecule has 1 heterocycles. The van der Waals surface area contributed by atoms with Gasteiger partial charge >= 0.3 is 0 Å². The number of nitrogens with one attached hydrogen (secondary N) is 1. The van der Waals surface area contributed by atoms with Crippen LogP contribution in [-0.4, -0.2) is 43.6 Å². The Morgan fingerprint density at radius 1 is 1.07 bits per heavy atom. The highest BCUT2D eigenvalue weighted by Crippen LogP contribution is 2.21. The first-order valence-corrected chi connectivity index (χ1v) is 9.19. The third kappa shape index (κ3) is 6.99. The Morgan fingerprint density at radius 2 is 1.68 bits per heavy atom. The van der Waals surface area contributed by atoms with E-state index in [0.29, 0.717) is 12.1 Å². The van der Waals surface area contributed by atoms with Gasteiger partial charge in [-0.1, -0.05) is 12.1 Å². The SMILES string of the molecule is CN1CCC(Oc2ccc(NC(=O)c3ccc(CCN)cc3)cc2)CC1.Cl.Cl. The molecule has 0 saturated carbocycles. The van der Waals surface area contributed by atoms with Crippen LogP contribution in [0.25, 0.3) is 0 Å². The molecule has 5 nitrogen and oxygen atoms in total. The van der Waals surface area contributed by atoms with E-state index in [2.05, 4.69) is 17.3 Å². The summed E-state index contributed by atoms with van der Waals surface area (Å²) < 4.78 is 6.03. The number of likely N-dealkylation sites (tertiary alicyclic amines) is 1. The van der Waals surface area contributed by atoms with Crippen LogP contribution in [-0.2, 0) is 6.42 Å². The first-order valence-electron chi connectivity index (χ1n) is 9.19. The highest BCUT2D eigenvalue weighted by molar-refractivity contribution is 6.04. The molecule has 154 valence electrons. The normalized spacial score (nSPS) is 14.5. The third-order valence-electron chi connectivity index (χ3n) is 4.73. The Hall–Kier alpha value is -1.79. The summed E-state index contributed by atoms with van der Waals surface area (Å²) in [5.41, 5.74) is 8.08. The monoisotopic (exact) mass is 425 g/mol. The number of ether oxygens (including phenoxy) is 1. The first-order chi connectivity index (χ1) is 12.6. The summed E-state index contributed by atoms with van der Waals surface area (Å²) >= 11 is 0. The standard InChI is InChI=1S/C21H27N3O2.2ClH/c1-24-14-11-20(12-15-24)26-19-8-6-18(7-9-19)23-21(25)17-4-2-16(3-5-17)10-13-22;;/h2-9,20H,10-15,22H2,1H3,(H,23,25);2*1H. The average Bonchev–Trinajstić information content (AvgIpc) is 2.66. The number of benzene rings is 2. The van der Waals surface area contributed by atoms with E-state index < -0.39 is 0 Å². The van der Waals surface area contributed by atoms with Gasteiger partial charge < -0.3 is 20.7 Å². The number of carbonyl (C=O) groups is 1. The summed E-state index contributed by atoms with van der Waals surface area (Å²) in [6.45, 7) is 2.75. The lowest BCUT2D eigenvalue weighted by molar-refractivity contribution is 0.102. The van der Waals surface area contributed by atoms with Crippen molar-refractivity contribution in [3.05, 3.63) is 59.7 Å². The Kier molecular flexibility index (Phi) is 10.3. The fourth-order valence-corrected chi connectivity index (χ4v) is 3.10. The minimum atomic E-state index is -0.117. The average molecular weight is 426 g/mol. The van der Waals surface area contributed by atoms with Gasteiger partial charge in [-0.2, -0.15) is 0 Å². The summed E-state index contributed by atoms with van der Waals surface area (Å²) in [6, 6.07) is 15.1. The minimum Gasteiger partial charge on any atom is -0.490 e. The van der Waals surface area contributed by atoms with Crippen molar-refractivity contribution in [1.29, 1.82) is 0 Å². The maximum Gasteiger partial charge on any atom is 0.255 e. The van der Waals surface area contributed by atoms with Gasteiger partial charge in [0.15, 0.2) is 0 Å². The smallest absolute Gasteiger partial charge is 0.255 e. The summed E-state index contributed by atoms with van der Waals surface area (Å²) in [5, 5.41) is 2.92. The first kappa shape index (κ1) is 24.2. The molecule has 28 heavy (non-hydrogen) atoms. The molecular weight excluding hydrogens is 397 g/mol. The van der Waals surface area contributed by atoms with Crippen molar-refractivity contribution < 1.29 is 9.53 Å².